The van der Waals surface area contributed by atoms with Gasteiger partial charge in [0, 0.05) is 32.1 Å². The van der Waals surface area contributed by atoms with Gasteiger partial charge in [-0.1, -0.05) is 0 Å². The number of alkyl halides is 2. The largest absolute Gasteiger partial charge is 0.417 e. The van der Waals surface area contributed by atoms with E-state index in [0.29, 0.717) is 43.0 Å². The summed E-state index contributed by atoms with van der Waals surface area (Å²) in [4.78, 5) is 8.91. The fourth-order valence-corrected chi connectivity index (χ4v) is 3.32. The molecule has 0 amide bonds. The van der Waals surface area contributed by atoms with Crippen molar-refractivity contribution in [3.63, 3.8) is 0 Å². The molecule has 1 aliphatic heterocycles. The summed E-state index contributed by atoms with van der Waals surface area (Å²) in [5.74, 6) is 0.583. The number of aliphatic hydroxyl groups is 1. The highest BCUT2D eigenvalue weighted by atomic mass is 19.3. The Hall–Kier alpha value is -2.79. The van der Waals surface area contributed by atoms with Gasteiger partial charge in [0.1, 0.15) is 11.3 Å². The molecule has 0 bridgehead atoms. The van der Waals surface area contributed by atoms with Crippen LogP contribution < -0.4 is 10.1 Å². The van der Waals surface area contributed by atoms with Gasteiger partial charge < -0.3 is 24.5 Å². The van der Waals surface area contributed by atoms with E-state index in [1.807, 2.05) is 11.5 Å². The number of ether oxygens (including phenoxy) is 2. The van der Waals surface area contributed by atoms with Crippen molar-refractivity contribution in [2.75, 3.05) is 18.5 Å². The van der Waals surface area contributed by atoms with Gasteiger partial charge in [0.15, 0.2) is 11.5 Å². The lowest BCUT2D eigenvalue weighted by Gasteiger charge is -2.37. The maximum atomic E-state index is 12.3. The minimum Gasteiger partial charge on any atom is -0.417 e. The Morgan fingerprint density at radius 2 is 2.11 bits per heavy atom. The second-order valence-corrected chi connectivity index (χ2v) is 6.70. The molecule has 0 spiro atoms. The lowest BCUT2D eigenvalue weighted by Crippen LogP contribution is -2.43. The van der Waals surface area contributed by atoms with Crippen LogP contribution >= 0.6 is 0 Å². The van der Waals surface area contributed by atoms with Crippen molar-refractivity contribution in [1.82, 2.24) is 24.7 Å². The van der Waals surface area contributed by atoms with Gasteiger partial charge in [-0.3, -0.25) is 0 Å². The Kier molecular flexibility index (Phi) is 4.85. The van der Waals surface area contributed by atoms with Gasteiger partial charge in [-0.25, -0.2) is 15.1 Å². The Morgan fingerprint density at radius 1 is 1.32 bits per heavy atom. The number of anilines is 2. The number of H-pyrrole nitrogens is 1. The third kappa shape index (κ3) is 3.62. The number of halogens is 2. The predicted molar refractivity (Wildman–Crippen MR) is 95.7 cm³/mol. The van der Waals surface area contributed by atoms with E-state index in [9.17, 15) is 13.9 Å². The van der Waals surface area contributed by atoms with E-state index < -0.39 is 12.2 Å². The van der Waals surface area contributed by atoms with Crippen LogP contribution in [0.15, 0.2) is 24.5 Å². The number of pyridine rings is 1. The zero-order chi connectivity index (χ0) is 19.7. The van der Waals surface area contributed by atoms with Gasteiger partial charge in [0.05, 0.1) is 18.0 Å². The van der Waals surface area contributed by atoms with Gasteiger partial charge in [-0.05, 0) is 19.1 Å². The molecular weight excluding hydrogens is 374 g/mol. The summed E-state index contributed by atoms with van der Waals surface area (Å²) >= 11 is 0. The second-order valence-electron chi connectivity index (χ2n) is 6.70. The van der Waals surface area contributed by atoms with Gasteiger partial charge in [0.25, 0.3) is 0 Å². The van der Waals surface area contributed by atoms with Crippen molar-refractivity contribution < 1.29 is 23.4 Å². The zero-order valence-electron chi connectivity index (χ0n) is 15.1. The van der Waals surface area contributed by atoms with E-state index in [1.54, 1.807) is 18.5 Å². The molecule has 0 aliphatic carbocycles. The summed E-state index contributed by atoms with van der Waals surface area (Å²) in [6, 6.07) is 4.55. The van der Waals surface area contributed by atoms with E-state index in [-0.39, 0.29) is 17.7 Å². The average molecular weight is 394 g/mol. The van der Waals surface area contributed by atoms with Gasteiger partial charge >= 0.3 is 6.61 Å². The van der Waals surface area contributed by atoms with Crippen LogP contribution in [0, 0.1) is 0 Å². The molecule has 3 aromatic rings. The normalized spacial score (nSPS) is 17.8. The topological polar surface area (TPSA) is 110 Å². The molecule has 0 radical (unpaired) electrons. The van der Waals surface area contributed by atoms with Crippen molar-refractivity contribution in [3.8, 4) is 5.88 Å². The lowest BCUT2D eigenvalue weighted by molar-refractivity contribution is -0.0898. The maximum Gasteiger partial charge on any atom is 0.388 e. The van der Waals surface area contributed by atoms with Crippen LogP contribution in [-0.4, -0.2) is 55.3 Å². The van der Waals surface area contributed by atoms with Crippen LogP contribution in [0.5, 0.6) is 5.88 Å². The van der Waals surface area contributed by atoms with E-state index in [2.05, 4.69) is 30.2 Å². The van der Waals surface area contributed by atoms with Crippen LogP contribution in [0.1, 0.15) is 25.8 Å². The van der Waals surface area contributed by atoms with Crippen LogP contribution in [0.3, 0.4) is 0 Å². The molecule has 4 heterocycles. The zero-order valence-corrected chi connectivity index (χ0v) is 15.1. The number of fused-ring (bicyclic) bond motifs is 1. The quantitative estimate of drug-likeness (QED) is 0.589. The molecule has 1 fully saturated rings. The number of hydrogen-bond donors (Lipinski definition) is 3. The predicted octanol–water partition coefficient (Wildman–Crippen LogP) is 2.60. The van der Waals surface area contributed by atoms with Crippen molar-refractivity contribution in [2.24, 2.45) is 0 Å². The molecule has 1 atom stereocenters. The molecule has 1 unspecified atom stereocenters. The number of hydrogen-bond acceptors (Lipinski definition) is 7. The second kappa shape index (κ2) is 7.32. The Morgan fingerprint density at radius 3 is 2.86 bits per heavy atom. The number of aromatic amines is 1. The molecule has 0 aromatic carbocycles. The fourth-order valence-electron chi connectivity index (χ4n) is 3.32. The highest BCUT2D eigenvalue weighted by Crippen LogP contribution is 2.34. The third-order valence-electron chi connectivity index (χ3n) is 5.00. The Balaban J connectivity index is 1.58. The summed E-state index contributed by atoms with van der Waals surface area (Å²) in [7, 11) is 0. The lowest BCUT2D eigenvalue weighted by atomic mass is 9.87. The van der Waals surface area contributed by atoms with Crippen molar-refractivity contribution in [3.05, 3.63) is 24.5 Å². The molecule has 11 heteroatoms. The van der Waals surface area contributed by atoms with Gasteiger partial charge in [-0.2, -0.15) is 13.9 Å². The molecule has 1 saturated heterocycles. The average Bonchev–Trinajstić information content (AvgIpc) is 3.27. The number of nitrogens with zero attached hydrogens (tertiary/aromatic N) is 4. The fraction of sp³-hybridized carbons (Fsp3) is 0.471. The molecule has 4 rings (SSSR count). The minimum absolute atomic E-state index is 0.154. The highest BCUT2D eigenvalue weighted by Gasteiger charge is 2.37. The minimum atomic E-state index is -2.94. The molecule has 3 N–H and O–H groups in total. The molecule has 1 aliphatic rings. The first-order valence-electron chi connectivity index (χ1n) is 8.85. The van der Waals surface area contributed by atoms with E-state index >= 15 is 0 Å². The maximum absolute atomic E-state index is 12.3. The summed E-state index contributed by atoms with van der Waals surface area (Å²) in [6.45, 7) is 0.0105. The Labute approximate surface area is 158 Å². The molecule has 0 saturated carbocycles. The standard InChI is InChI=1S/C17H20F2N6O3/c1-10(17(26)4-6-27-7-5-17)25-9-20-11-2-3-12(22-15(11)25)21-13-8-14(24-23-13)28-16(18)19/h2-3,8-10,16,26H,4-7H2,1H3,(H2,21,22,23,24). The van der Waals surface area contributed by atoms with E-state index in [4.69, 9.17) is 4.74 Å². The number of nitrogens with one attached hydrogen (secondary N) is 2. The number of aromatic nitrogens is 5. The first-order chi connectivity index (χ1) is 13.4. The smallest absolute Gasteiger partial charge is 0.388 e. The summed E-state index contributed by atoms with van der Waals surface area (Å²) in [6.07, 6.45) is 2.72. The number of rotatable bonds is 6. The Bertz CT molecular complexity index is 953. The molecular formula is C17H20F2N6O3. The van der Waals surface area contributed by atoms with Gasteiger partial charge in [0.2, 0.25) is 5.88 Å². The van der Waals surface area contributed by atoms with E-state index in [1.165, 1.54) is 6.07 Å². The first kappa shape index (κ1) is 18.6. The van der Waals surface area contributed by atoms with Crippen LogP contribution in [0.2, 0.25) is 0 Å². The van der Waals surface area contributed by atoms with Gasteiger partial charge in [-0.15, -0.1) is 0 Å². The number of imidazole rings is 1. The molecule has 28 heavy (non-hydrogen) atoms. The monoisotopic (exact) mass is 394 g/mol. The molecule has 150 valence electrons. The van der Waals surface area contributed by atoms with Crippen molar-refractivity contribution in [1.29, 1.82) is 0 Å². The van der Waals surface area contributed by atoms with E-state index in [0.717, 1.165) is 0 Å². The molecule has 9 nitrogen and oxygen atoms in total. The highest BCUT2D eigenvalue weighted by molar-refractivity contribution is 5.74. The van der Waals surface area contributed by atoms with Crippen LogP contribution in [0.4, 0.5) is 20.4 Å². The van der Waals surface area contributed by atoms with Crippen molar-refractivity contribution in [2.45, 2.75) is 38.0 Å². The third-order valence-corrected chi connectivity index (χ3v) is 5.00. The summed E-state index contributed by atoms with van der Waals surface area (Å²) in [5.41, 5.74) is 0.370. The van der Waals surface area contributed by atoms with Crippen LogP contribution in [0.25, 0.3) is 11.2 Å². The molecule has 3 aromatic heterocycles. The summed E-state index contributed by atoms with van der Waals surface area (Å²) in [5, 5.41) is 20.1. The summed E-state index contributed by atoms with van der Waals surface area (Å²) < 4.78 is 36.0. The first-order valence-corrected chi connectivity index (χ1v) is 8.85. The van der Waals surface area contributed by atoms with Crippen molar-refractivity contribution >= 4 is 22.8 Å². The van der Waals surface area contributed by atoms with Crippen LogP contribution in [-0.2, 0) is 4.74 Å². The SMILES string of the molecule is CC(n1cnc2ccc(Nc3cc(OC(F)F)[nH]n3)nc21)C1(O)CCOCC1.